The quantitative estimate of drug-likeness (QED) is 0.576. The van der Waals surface area contributed by atoms with Crippen molar-refractivity contribution in [2.75, 3.05) is 26.1 Å². The Morgan fingerprint density at radius 3 is 2.54 bits per heavy atom. The van der Waals surface area contributed by atoms with Crippen LogP contribution in [-0.4, -0.2) is 47.5 Å². The Morgan fingerprint density at radius 1 is 1.09 bits per heavy atom. The van der Waals surface area contributed by atoms with E-state index in [1.54, 1.807) is 23.1 Å². The van der Waals surface area contributed by atoms with E-state index in [1.807, 2.05) is 24.3 Å². The normalized spacial score (nSPS) is 19.4. The van der Waals surface area contributed by atoms with E-state index in [0.29, 0.717) is 36.6 Å². The predicted octanol–water partition coefficient (Wildman–Crippen LogP) is 4.76. The van der Waals surface area contributed by atoms with Crippen LogP contribution in [0.5, 0.6) is 11.5 Å². The van der Waals surface area contributed by atoms with Crippen LogP contribution < -0.4 is 14.8 Å². The molecule has 0 radical (unpaired) electrons. The number of carbonyl (C=O) groups excluding carboxylic acids is 1. The largest absolute Gasteiger partial charge is 0.493 e. The van der Waals surface area contributed by atoms with Crippen molar-refractivity contribution < 1.29 is 27.4 Å². The molecule has 0 bridgehead atoms. The number of ether oxygens (including phenoxy) is 2. The predicted molar refractivity (Wildman–Crippen MR) is 123 cm³/mol. The molecule has 1 aromatic heterocycles. The Labute approximate surface area is 200 Å². The summed E-state index contributed by atoms with van der Waals surface area (Å²) in [6.07, 6.45) is -2.89. The van der Waals surface area contributed by atoms with E-state index in [1.165, 1.54) is 26.0 Å². The van der Waals surface area contributed by atoms with Gasteiger partial charge in [-0.05, 0) is 35.2 Å². The lowest BCUT2D eigenvalue weighted by Gasteiger charge is -2.35. The number of hydrogen-bond acceptors (Lipinski definition) is 5. The standard InChI is InChI=1S/C25H25F3N4O3/c1-34-20-8-7-16(11-21(20)35-2)19-12-22(25(26,27)28)32-23(30-19)18(13-29-32)24(33)31-10-9-15-5-3-4-6-17(15)14-31/h3-8,11,13,19,22,30H,9-10,12,14H2,1-2H3/t19-,22-/m1/s1. The summed E-state index contributed by atoms with van der Waals surface area (Å²) >= 11 is 0. The van der Waals surface area contributed by atoms with Crippen LogP contribution in [0, 0.1) is 0 Å². The molecular weight excluding hydrogens is 461 g/mol. The van der Waals surface area contributed by atoms with Gasteiger partial charge in [-0.25, -0.2) is 4.68 Å². The van der Waals surface area contributed by atoms with E-state index < -0.39 is 18.3 Å². The van der Waals surface area contributed by atoms with E-state index in [9.17, 15) is 18.0 Å². The maximum atomic E-state index is 14.1. The summed E-state index contributed by atoms with van der Waals surface area (Å²) in [6, 6.07) is 10.3. The number of amides is 1. The third-order valence-corrected chi connectivity index (χ3v) is 6.70. The zero-order chi connectivity index (χ0) is 24.7. The minimum absolute atomic E-state index is 0.0715. The van der Waals surface area contributed by atoms with Gasteiger partial charge in [-0.15, -0.1) is 0 Å². The van der Waals surface area contributed by atoms with Crippen molar-refractivity contribution >= 4 is 11.7 Å². The average Bonchev–Trinajstić information content (AvgIpc) is 3.30. The number of halogens is 3. The molecule has 7 nitrogen and oxygen atoms in total. The topological polar surface area (TPSA) is 68.6 Å². The van der Waals surface area contributed by atoms with E-state index in [2.05, 4.69) is 10.4 Å². The van der Waals surface area contributed by atoms with Gasteiger partial charge in [0.2, 0.25) is 0 Å². The number of fused-ring (bicyclic) bond motifs is 2. The smallest absolute Gasteiger partial charge is 0.410 e. The second kappa shape index (κ2) is 8.83. The number of rotatable bonds is 4. The summed E-state index contributed by atoms with van der Waals surface area (Å²) in [5.41, 5.74) is 2.94. The van der Waals surface area contributed by atoms with Crippen LogP contribution in [0.15, 0.2) is 48.7 Å². The molecule has 1 N–H and O–H groups in total. The molecule has 0 saturated carbocycles. The molecular formula is C25H25F3N4O3. The molecule has 2 aliphatic heterocycles. The molecule has 1 amide bonds. The molecule has 0 unspecified atom stereocenters. The average molecular weight is 486 g/mol. The minimum Gasteiger partial charge on any atom is -0.493 e. The number of nitrogens with one attached hydrogen (secondary N) is 1. The third kappa shape index (κ3) is 4.17. The highest BCUT2D eigenvalue weighted by atomic mass is 19.4. The Morgan fingerprint density at radius 2 is 1.83 bits per heavy atom. The Kier molecular flexibility index (Phi) is 5.82. The lowest BCUT2D eigenvalue weighted by molar-refractivity contribution is -0.173. The highest BCUT2D eigenvalue weighted by molar-refractivity contribution is 5.99. The van der Waals surface area contributed by atoms with Gasteiger partial charge in [0.05, 0.1) is 26.5 Å². The molecule has 35 heavy (non-hydrogen) atoms. The maximum absolute atomic E-state index is 14.1. The Balaban J connectivity index is 1.49. The molecule has 0 aliphatic carbocycles. The van der Waals surface area contributed by atoms with Crippen molar-refractivity contribution in [3.05, 3.63) is 70.9 Å². The van der Waals surface area contributed by atoms with Gasteiger partial charge < -0.3 is 19.7 Å². The minimum atomic E-state index is -4.54. The number of benzene rings is 2. The second-order valence-electron chi connectivity index (χ2n) is 8.70. The van der Waals surface area contributed by atoms with E-state index in [4.69, 9.17) is 9.47 Å². The van der Waals surface area contributed by atoms with Crippen LogP contribution >= 0.6 is 0 Å². The van der Waals surface area contributed by atoms with Crippen LogP contribution in [0.2, 0.25) is 0 Å². The van der Waals surface area contributed by atoms with Crippen molar-refractivity contribution in [2.24, 2.45) is 0 Å². The fraction of sp³-hybridized carbons (Fsp3) is 0.360. The van der Waals surface area contributed by atoms with E-state index in [-0.39, 0.29) is 23.7 Å². The number of aromatic nitrogens is 2. The molecule has 5 rings (SSSR count). The fourth-order valence-electron chi connectivity index (χ4n) is 4.85. The van der Waals surface area contributed by atoms with Crippen molar-refractivity contribution in [1.82, 2.24) is 14.7 Å². The van der Waals surface area contributed by atoms with E-state index in [0.717, 1.165) is 10.2 Å². The SMILES string of the molecule is COc1ccc([C@H]2C[C@H](C(F)(F)F)n3ncc(C(=O)N4CCc5ccccc5C4)c3N2)cc1OC. The van der Waals surface area contributed by atoms with Crippen molar-refractivity contribution in [3.63, 3.8) is 0 Å². The van der Waals surface area contributed by atoms with Gasteiger partial charge in [-0.2, -0.15) is 18.3 Å². The first-order valence-electron chi connectivity index (χ1n) is 11.3. The monoisotopic (exact) mass is 486 g/mol. The third-order valence-electron chi connectivity index (χ3n) is 6.70. The maximum Gasteiger partial charge on any atom is 0.410 e. The van der Waals surface area contributed by atoms with Crippen LogP contribution in [0.25, 0.3) is 0 Å². The fourth-order valence-corrected chi connectivity index (χ4v) is 4.85. The van der Waals surface area contributed by atoms with Crippen molar-refractivity contribution in [3.8, 4) is 11.5 Å². The Hall–Kier alpha value is -3.69. The summed E-state index contributed by atoms with van der Waals surface area (Å²) in [7, 11) is 2.96. The molecule has 2 atom stereocenters. The van der Waals surface area contributed by atoms with Gasteiger partial charge in [0.15, 0.2) is 17.5 Å². The summed E-state index contributed by atoms with van der Waals surface area (Å²) in [5.74, 6) is 0.618. The van der Waals surface area contributed by atoms with E-state index >= 15 is 0 Å². The number of hydrogen-bond donors (Lipinski definition) is 1. The highest BCUT2D eigenvalue weighted by Gasteiger charge is 2.47. The van der Waals surface area contributed by atoms with Crippen LogP contribution in [0.3, 0.4) is 0 Å². The zero-order valence-corrected chi connectivity index (χ0v) is 19.3. The summed E-state index contributed by atoms with van der Waals surface area (Å²) in [4.78, 5) is 15.1. The van der Waals surface area contributed by atoms with Crippen molar-refractivity contribution in [2.45, 2.75) is 37.6 Å². The molecule has 3 heterocycles. The number of methoxy groups -OCH3 is 2. The molecule has 3 aromatic rings. The number of anilines is 1. The molecule has 2 aliphatic rings. The highest BCUT2D eigenvalue weighted by Crippen LogP contribution is 2.45. The second-order valence-corrected chi connectivity index (χ2v) is 8.70. The molecule has 0 saturated heterocycles. The summed E-state index contributed by atoms with van der Waals surface area (Å²) < 4.78 is 53.7. The summed E-state index contributed by atoms with van der Waals surface area (Å²) in [6.45, 7) is 0.893. The van der Waals surface area contributed by atoms with Gasteiger partial charge in [-0.3, -0.25) is 4.79 Å². The molecule has 10 heteroatoms. The number of carbonyl (C=O) groups is 1. The van der Waals surface area contributed by atoms with Gasteiger partial charge in [0.1, 0.15) is 11.4 Å². The van der Waals surface area contributed by atoms with Crippen molar-refractivity contribution in [1.29, 1.82) is 0 Å². The molecule has 184 valence electrons. The lowest BCUT2D eigenvalue weighted by Crippen LogP contribution is -2.38. The first kappa shape index (κ1) is 23.1. The molecule has 0 fully saturated rings. The van der Waals surface area contributed by atoms with Gasteiger partial charge in [0, 0.05) is 19.5 Å². The Bertz CT molecular complexity index is 1260. The van der Waals surface area contributed by atoms with Crippen LogP contribution in [0.1, 0.15) is 45.6 Å². The number of alkyl halides is 3. The van der Waals surface area contributed by atoms with Gasteiger partial charge in [0.25, 0.3) is 5.91 Å². The first-order valence-corrected chi connectivity index (χ1v) is 11.3. The molecule has 0 spiro atoms. The van der Waals surface area contributed by atoms with Gasteiger partial charge >= 0.3 is 6.18 Å². The van der Waals surface area contributed by atoms with Gasteiger partial charge in [-0.1, -0.05) is 30.3 Å². The van der Waals surface area contributed by atoms with Crippen LogP contribution in [-0.2, 0) is 13.0 Å². The van der Waals surface area contributed by atoms with Crippen LogP contribution in [0.4, 0.5) is 19.0 Å². The first-order chi connectivity index (χ1) is 16.8. The lowest BCUT2D eigenvalue weighted by atomic mass is 9.96. The summed E-state index contributed by atoms with van der Waals surface area (Å²) in [5, 5.41) is 7.14. The zero-order valence-electron chi connectivity index (χ0n) is 19.3. The number of nitrogens with zero attached hydrogens (tertiary/aromatic N) is 3. The molecule has 2 aromatic carbocycles.